The summed E-state index contributed by atoms with van der Waals surface area (Å²) < 4.78 is 11.2. The highest BCUT2D eigenvalue weighted by Gasteiger charge is 2.20. The minimum Gasteiger partial charge on any atom is -0.434 e. The highest BCUT2D eigenvalue weighted by atomic mass is 35.5. The van der Waals surface area contributed by atoms with Gasteiger partial charge in [-0.3, -0.25) is 0 Å². The Kier molecular flexibility index (Phi) is 4.11. The minimum atomic E-state index is 0.397. The van der Waals surface area contributed by atoms with Crippen LogP contribution in [0.15, 0.2) is 44.9 Å². The second-order valence-electron chi connectivity index (χ2n) is 4.46. The molecule has 5 heteroatoms. The van der Waals surface area contributed by atoms with Crippen LogP contribution in [-0.4, -0.2) is 18.2 Å². The Hall–Kier alpha value is -0.970. The monoisotopic (exact) mass is 295 g/mol. The van der Waals surface area contributed by atoms with E-state index in [4.69, 9.17) is 20.8 Å². The van der Waals surface area contributed by atoms with E-state index in [0.29, 0.717) is 5.92 Å². The van der Waals surface area contributed by atoms with Crippen molar-refractivity contribution >= 4 is 23.4 Å². The van der Waals surface area contributed by atoms with Gasteiger partial charge < -0.3 is 9.15 Å². The Morgan fingerprint density at radius 3 is 2.63 bits per heavy atom. The number of ether oxygens (including phenoxy) is 1. The lowest BCUT2D eigenvalue weighted by atomic mass is 10.0. The zero-order chi connectivity index (χ0) is 13.1. The van der Waals surface area contributed by atoms with Crippen molar-refractivity contribution < 1.29 is 9.15 Å². The fourth-order valence-corrected chi connectivity index (χ4v) is 2.93. The minimum absolute atomic E-state index is 0.397. The quantitative estimate of drug-likeness (QED) is 0.842. The van der Waals surface area contributed by atoms with Gasteiger partial charge in [0.15, 0.2) is 11.0 Å². The zero-order valence-corrected chi connectivity index (χ0v) is 11.9. The van der Waals surface area contributed by atoms with Crippen molar-refractivity contribution in [1.82, 2.24) is 4.98 Å². The number of hydrogen-bond donors (Lipinski definition) is 0. The van der Waals surface area contributed by atoms with Crippen molar-refractivity contribution in [3.63, 3.8) is 0 Å². The van der Waals surface area contributed by atoms with Crippen molar-refractivity contribution in [2.24, 2.45) is 0 Å². The summed E-state index contributed by atoms with van der Waals surface area (Å²) in [6.45, 7) is 1.60. The molecular weight excluding hydrogens is 282 g/mol. The van der Waals surface area contributed by atoms with Crippen LogP contribution in [0.25, 0.3) is 0 Å². The maximum absolute atomic E-state index is 5.86. The van der Waals surface area contributed by atoms with Gasteiger partial charge in [0.2, 0.25) is 0 Å². The Morgan fingerprint density at radius 1 is 1.16 bits per heavy atom. The van der Waals surface area contributed by atoms with Crippen LogP contribution < -0.4 is 0 Å². The number of aromatic nitrogens is 1. The van der Waals surface area contributed by atoms with Crippen molar-refractivity contribution in [3.8, 4) is 0 Å². The van der Waals surface area contributed by atoms with Gasteiger partial charge in [0.1, 0.15) is 0 Å². The lowest BCUT2D eigenvalue weighted by Crippen LogP contribution is -2.14. The van der Waals surface area contributed by atoms with Gasteiger partial charge in [-0.2, -0.15) is 0 Å². The van der Waals surface area contributed by atoms with E-state index in [-0.39, 0.29) is 0 Å². The average molecular weight is 296 g/mol. The molecule has 0 aliphatic carbocycles. The van der Waals surface area contributed by atoms with E-state index < -0.39 is 0 Å². The highest BCUT2D eigenvalue weighted by molar-refractivity contribution is 7.99. The summed E-state index contributed by atoms with van der Waals surface area (Å²) in [7, 11) is 0. The molecule has 0 atom stereocenters. The molecular formula is C14H14ClNO2S. The summed E-state index contributed by atoms with van der Waals surface area (Å²) in [4.78, 5) is 5.48. The number of nitrogens with zero attached hydrogens (tertiary/aromatic N) is 1. The number of benzene rings is 1. The smallest absolute Gasteiger partial charge is 0.198 e. The lowest BCUT2D eigenvalue weighted by Gasteiger charge is -2.18. The Morgan fingerprint density at radius 2 is 1.89 bits per heavy atom. The van der Waals surface area contributed by atoms with E-state index in [9.17, 15) is 0 Å². The lowest BCUT2D eigenvalue weighted by molar-refractivity contribution is 0.0786. The molecule has 0 N–H and O–H groups in total. The summed E-state index contributed by atoms with van der Waals surface area (Å²) in [5, 5.41) is 1.56. The van der Waals surface area contributed by atoms with Crippen LogP contribution in [0.5, 0.6) is 0 Å². The van der Waals surface area contributed by atoms with E-state index in [2.05, 4.69) is 4.98 Å². The van der Waals surface area contributed by atoms with Gasteiger partial charge in [-0.05, 0) is 37.1 Å². The molecule has 0 radical (unpaired) electrons. The maximum atomic E-state index is 5.86. The fourth-order valence-electron chi connectivity index (χ4n) is 2.07. The summed E-state index contributed by atoms with van der Waals surface area (Å²) in [5.41, 5.74) is 0. The van der Waals surface area contributed by atoms with Crippen LogP contribution in [0, 0.1) is 0 Å². The molecule has 100 valence electrons. The van der Waals surface area contributed by atoms with Crippen LogP contribution in [0.1, 0.15) is 24.7 Å². The normalized spacial score (nSPS) is 16.7. The molecule has 1 saturated heterocycles. The molecule has 3 nitrogen and oxygen atoms in total. The van der Waals surface area contributed by atoms with Gasteiger partial charge >= 0.3 is 0 Å². The van der Waals surface area contributed by atoms with Gasteiger partial charge in [-0.15, -0.1) is 0 Å². The SMILES string of the molecule is Clc1ccc(Sc2cnc(C3CCOCC3)o2)cc1. The molecule has 1 aliphatic rings. The van der Waals surface area contributed by atoms with E-state index >= 15 is 0 Å². The first-order valence-corrected chi connectivity index (χ1v) is 7.47. The standard InChI is InChI=1S/C14H14ClNO2S/c15-11-1-3-12(4-2-11)19-13-9-16-14(18-13)10-5-7-17-8-6-10/h1-4,9-10H,5-8H2. The summed E-state index contributed by atoms with van der Waals surface area (Å²) in [5.74, 6) is 1.23. The predicted molar refractivity (Wildman–Crippen MR) is 74.9 cm³/mol. The topological polar surface area (TPSA) is 35.3 Å². The first-order chi connectivity index (χ1) is 9.31. The van der Waals surface area contributed by atoms with Crippen molar-refractivity contribution in [2.45, 2.75) is 28.7 Å². The van der Waals surface area contributed by atoms with Crippen LogP contribution in [0.4, 0.5) is 0 Å². The molecule has 1 aliphatic heterocycles. The number of hydrogen-bond acceptors (Lipinski definition) is 4. The molecule has 2 heterocycles. The van der Waals surface area contributed by atoms with Gasteiger partial charge in [0.05, 0.1) is 6.20 Å². The summed E-state index contributed by atoms with van der Waals surface area (Å²) in [6.07, 6.45) is 3.78. The molecule has 1 aromatic heterocycles. The van der Waals surface area contributed by atoms with Crippen molar-refractivity contribution in [1.29, 1.82) is 0 Å². The third-order valence-electron chi connectivity index (χ3n) is 3.10. The van der Waals surface area contributed by atoms with E-state index in [0.717, 1.165) is 47.0 Å². The fraction of sp³-hybridized carbons (Fsp3) is 0.357. The summed E-state index contributed by atoms with van der Waals surface area (Å²) in [6, 6.07) is 7.70. The predicted octanol–water partition coefficient (Wildman–Crippen LogP) is 4.37. The molecule has 0 saturated carbocycles. The van der Waals surface area contributed by atoms with Crippen LogP contribution in [0.2, 0.25) is 5.02 Å². The number of oxazole rings is 1. The molecule has 1 aromatic carbocycles. The van der Waals surface area contributed by atoms with Crippen LogP contribution in [0.3, 0.4) is 0 Å². The van der Waals surface area contributed by atoms with Gasteiger partial charge in [-0.1, -0.05) is 23.4 Å². The molecule has 0 amide bonds. The molecule has 0 spiro atoms. The van der Waals surface area contributed by atoms with Crippen molar-refractivity contribution in [2.75, 3.05) is 13.2 Å². The first kappa shape index (κ1) is 13.0. The van der Waals surface area contributed by atoms with Gasteiger partial charge in [0, 0.05) is 29.0 Å². The van der Waals surface area contributed by atoms with Crippen LogP contribution >= 0.6 is 23.4 Å². The van der Waals surface area contributed by atoms with E-state index in [1.165, 1.54) is 0 Å². The highest BCUT2D eigenvalue weighted by Crippen LogP contribution is 2.33. The molecule has 0 bridgehead atoms. The first-order valence-electron chi connectivity index (χ1n) is 6.28. The summed E-state index contributed by atoms with van der Waals surface area (Å²) >= 11 is 7.43. The maximum Gasteiger partial charge on any atom is 0.198 e. The Balaban J connectivity index is 1.68. The Labute approximate surface area is 121 Å². The van der Waals surface area contributed by atoms with E-state index in [1.54, 1.807) is 18.0 Å². The molecule has 2 aromatic rings. The second-order valence-corrected chi connectivity index (χ2v) is 5.97. The van der Waals surface area contributed by atoms with Gasteiger partial charge in [0.25, 0.3) is 0 Å². The van der Waals surface area contributed by atoms with Gasteiger partial charge in [-0.25, -0.2) is 4.98 Å². The second kappa shape index (κ2) is 5.99. The van der Waals surface area contributed by atoms with E-state index in [1.807, 2.05) is 24.3 Å². The number of rotatable bonds is 3. The van der Waals surface area contributed by atoms with Crippen molar-refractivity contribution in [3.05, 3.63) is 41.4 Å². The molecule has 1 fully saturated rings. The zero-order valence-electron chi connectivity index (χ0n) is 10.3. The van der Waals surface area contributed by atoms with Crippen LogP contribution in [-0.2, 0) is 4.74 Å². The molecule has 19 heavy (non-hydrogen) atoms. The Bertz CT molecular complexity index is 535. The number of halogens is 1. The molecule has 3 rings (SSSR count). The largest absolute Gasteiger partial charge is 0.434 e. The third-order valence-corrected chi connectivity index (χ3v) is 4.25. The third kappa shape index (κ3) is 3.32. The average Bonchev–Trinajstić information content (AvgIpc) is 2.91. The molecule has 0 unspecified atom stereocenters.